The maximum absolute atomic E-state index is 5.89. The smallest absolute Gasteiger partial charge is 0.130 e. The molecule has 0 aliphatic heterocycles. The Morgan fingerprint density at radius 1 is 1.14 bits per heavy atom. The van der Waals surface area contributed by atoms with Crippen molar-refractivity contribution >= 4 is 31.9 Å². The van der Waals surface area contributed by atoms with Gasteiger partial charge >= 0.3 is 0 Å². The molecule has 2 aromatic rings. The minimum atomic E-state index is 0.435. The zero-order valence-electron chi connectivity index (χ0n) is 11.8. The van der Waals surface area contributed by atoms with Crippen LogP contribution in [0.25, 0.3) is 0 Å². The molecule has 0 N–H and O–H groups in total. The highest BCUT2D eigenvalue weighted by atomic mass is 79.9. The van der Waals surface area contributed by atoms with Crippen molar-refractivity contribution in [3.63, 3.8) is 0 Å². The number of pyridine rings is 1. The summed E-state index contributed by atoms with van der Waals surface area (Å²) in [5.41, 5.74) is 1.98. The van der Waals surface area contributed by atoms with Crippen LogP contribution in [0.3, 0.4) is 0 Å². The van der Waals surface area contributed by atoms with E-state index in [0.717, 1.165) is 39.0 Å². The number of benzene rings is 1. The Bertz CT molecular complexity index is 573. The SMILES string of the molecule is CCCOc1ccc(CBr)c(OCc2ccc(Br)cn2)c1. The van der Waals surface area contributed by atoms with E-state index < -0.39 is 0 Å². The molecule has 0 saturated carbocycles. The van der Waals surface area contributed by atoms with E-state index in [1.165, 1.54) is 0 Å². The molecule has 0 atom stereocenters. The van der Waals surface area contributed by atoms with Gasteiger partial charge in [-0.2, -0.15) is 0 Å². The maximum atomic E-state index is 5.89. The fraction of sp³-hybridized carbons (Fsp3) is 0.312. The number of aromatic nitrogens is 1. The van der Waals surface area contributed by atoms with Crippen molar-refractivity contribution in [1.29, 1.82) is 0 Å². The summed E-state index contributed by atoms with van der Waals surface area (Å²) in [4.78, 5) is 4.31. The van der Waals surface area contributed by atoms with Gasteiger partial charge in [-0.3, -0.25) is 4.98 Å². The van der Waals surface area contributed by atoms with Crippen LogP contribution >= 0.6 is 31.9 Å². The van der Waals surface area contributed by atoms with Crippen LogP contribution in [0.2, 0.25) is 0 Å². The number of halogens is 2. The minimum Gasteiger partial charge on any atom is -0.493 e. The van der Waals surface area contributed by atoms with Crippen LogP contribution in [0.4, 0.5) is 0 Å². The number of hydrogen-bond acceptors (Lipinski definition) is 3. The summed E-state index contributed by atoms with van der Waals surface area (Å²) >= 11 is 6.85. The average Bonchev–Trinajstić information content (AvgIpc) is 2.52. The molecule has 0 saturated heterocycles. The first-order valence-corrected chi connectivity index (χ1v) is 8.69. The Hall–Kier alpha value is -1.07. The van der Waals surface area contributed by atoms with Gasteiger partial charge in [0.1, 0.15) is 18.1 Å². The van der Waals surface area contributed by atoms with E-state index in [-0.39, 0.29) is 0 Å². The fourth-order valence-corrected chi connectivity index (χ4v) is 2.43. The van der Waals surface area contributed by atoms with Crippen molar-refractivity contribution in [2.75, 3.05) is 6.61 Å². The monoisotopic (exact) mass is 413 g/mol. The number of alkyl halides is 1. The quantitative estimate of drug-likeness (QED) is 0.590. The van der Waals surface area contributed by atoms with Gasteiger partial charge in [0, 0.05) is 27.6 Å². The summed E-state index contributed by atoms with van der Waals surface area (Å²) in [5, 5.41) is 0.740. The summed E-state index contributed by atoms with van der Waals surface area (Å²) in [6, 6.07) is 9.82. The van der Waals surface area contributed by atoms with Crippen LogP contribution < -0.4 is 9.47 Å². The summed E-state index contributed by atoms with van der Waals surface area (Å²) in [5.74, 6) is 1.66. The van der Waals surface area contributed by atoms with Crippen LogP contribution in [0.5, 0.6) is 11.5 Å². The molecular weight excluding hydrogens is 398 g/mol. The first-order chi connectivity index (χ1) is 10.2. The Labute approximate surface area is 141 Å². The Morgan fingerprint density at radius 3 is 2.67 bits per heavy atom. The van der Waals surface area contributed by atoms with Crippen LogP contribution in [0.15, 0.2) is 41.0 Å². The summed E-state index contributed by atoms with van der Waals surface area (Å²) in [6.07, 6.45) is 2.75. The van der Waals surface area contributed by atoms with Gasteiger partial charge in [0.15, 0.2) is 0 Å². The van der Waals surface area contributed by atoms with Crippen LogP contribution in [0, 0.1) is 0 Å². The molecule has 0 radical (unpaired) electrons. The second kappa shape index (κ2) is 8.39. The second-order valence-electron chi connectivity index (χ2n) is 4.51. The molecule has 3 nitrogen and oxygen atoms in total. The number of rotatable bonds is 7. The van der Waals surface area contributed by atoms with Gasteiger partial charge in [0.05, 0.1) is 12.3 Å². The van der Waals surface area contributed by atoms with E-state index >= 15 is 0 Å². The molecule has 0 unspecified atom stereocenters. The Balaban J connectivity index is 2.07. The highest BCUT2D eigenvalue weighted by Crippen LogP contribution is 2.27. The van der Waals surface area contributed by atoms with Crippen molar-refractivity contribution in [3.8, 4) is 11.5 Å². The van der Waals surface area contributed by atoms with E-state index in [1.54, 1.807) is 6.20 Å². The lowest BCUT2D eigenvalue weighted by Crippen LogP contribution is -2.01. The van der Waals surface area contributed by atoms with Crippen LogP contribution in [-0.4, -0.2) is 11.6 Å². The predicted molar refractivity (Wildman–Crippen MR) is 91.1 cm³/mol. The van der Waals surface area contributed by atoms with Crippen molar-refractivity contribution in [1.82, 2.24) is 4.98 Å². The molecule has 1 heterocycles. The number of nitrogens with zero attached hydrogens (tertiary/aromatic N) is 1. The largest absolute Gasteiger partial charge is 0.493 e. The third-order valence-electron chi connectivity index (χ3n) is 2.82. The lowest BCUT2D eigenvalue weighted by Gasteiger charge is -2.12. The fourth-order valence-electron chi connectivity index (χ4n) is 1.73. The zero-order chi connectivity index (χ0) is 15.1. The highest BCUT2D eigenvalue weighted by molar-refractivity contribution is 9.10. The average molecular weight is 415 g/mol. The summed E-state index contributed by atoms with van der Waals surface area (Å²) in [7, 11) is 0. The molecule has 0 spiro atoms. The molecule has 0 fully saturated rings. The van der Waals surface area contributed by atoms with Crippen molar-refractivity contribution in [2.24, 2.45) is 0 Å². The van der Waals surface area contributed by atoms with Gasteiger partial charge in [-0.15, -0.1) is 0 Å². The standard InChI is InChI=1S/C16H17Br2NO2/c1-2-7-20-15-6-3-12(9-17)16(8-15)21-11-14-5-4-13(18)10-19-14/h3-6,8,10H,2,7,9,11H2,1H3. The van der Waals surface area contributed by atoms with Crippen molar-refractivity contribution < 1.29 is 9.47 Å². The van der Waals surface area contributed by atoms with Gasteiger partial charge in [0.25, 0.3) is 0 Å². The predicted octanol–water partition coefficient (Wildman–Crippen LogP) is 5.11. The lowest BCUT2D eigenvalue weighted by molar-refractivity contribution is 0.289. The number of ether oxygens (including phenoxy) is 2. The van der Waals surface area contributed by atoms with Gasteiger partial charge in [-0.25, -0.2) is 0 Å². The minimum absolute atomic E-state index is 0.435. The van der Waals surface area contributed by atoms with Crippen molar-refractivity contribution in [3.05, 3.63) is 52.3 Å². The van der Waals surface area contributed by atoms with Crippen LogP contribution in [0.1, 0.15) is 24.6 Å². The van der Waals surface area contributed by atoms with E-state index in [1.807, 2.05) is 30.3 Å². The van der Waals surface area contributed by atoms with E-state index in [0.29, 0.717) is 13.2 Å². The molecule has 1 aromatic carbocycles. The highest BCUT2D eigenvalue weighted by Gasteiger charge is 2.06. The summed E-state index contributed by atoms with van der Waals surface area (Å²) < 4.78 is 12.5. The number of hydrogen-bond donors (Lipinski definition) is 0. The zero-order valence-corrected chi connectivity index (χ0v) is 15.0. The molecule has 1 aromatic heterocycles. The third-order valence-corrected chi connectivity index (χ3v) is 3.89. The topological polar surface area (TPSA) is 31.4 Å². The first-order valence-electron chi connectivity index (χ1n) is 6.78. The molecule has 5 heteroatoms. The van der Waals surface area contributed by atoms with E-state index in [4.69, 9.17) is 9.47 Å². The molecule has 0 amide bonds. The second-order valence-corrected chi connectivity index (χ2v) is 5.98. The Kier molecular flexibility index (Phi) is 6.51. The van der Waals surface area contributed by atoms with Gasteiger partial charge < -0.3 is 9.47 Å². The molecule has 0 aliphatic carbocycles. The van der Waals surface area contributed by atoms with Crippen molar-refractivity contribution in [2.45, 2.75) is 25.3 Å². The molecule has 112 valence electrons. The van der Waals surface area contributed by atoms with E-state index in [2.05, 4.69) is 43.8 Å². The van der Waals surface area contributed by atoms with Gasteiger partial charge in [-0.1, -0.05) is 28.9 Å². The first kappa shape index (κ1) is 16.3. The normalized spacial score (nSPS) is 10.4. The molecule has 2 rings (SSSR count). The van der Waals surface area contributed by atoms with Gasteiger partial charge in [-0.05, 0) is 40.5 Å². The Morgan fingerprint density at radius 2 is 2.00 bits per heavy atom. The molecule has 0 bridgehead atoms. The molecule has 0 aliphatic rings. The molecular formula is C16H17Br2NO2. The molecule has 21 heavy (non-hydrogen) atoms. The third kappa shape index (κ3) is 5.00. The summed E-state index contributed by atoms with van der Waals surface area (Å²) in [6.45, 7) is 3.23. The van der Waals surface area contributed by atoms with Crippen LogP contribution in [-0.2, 0) is 11.9 Å². The maximum Gasteiger partial charge on any atom is 0.130 e. The van der Waals surface area contributed by atoms with E-state index in [9.17, 15) is 0 Å². The lowest BCUT2D eigenvalue weighted by atomic mass is 10.2. The van der Waals surface area contributed by atoms with Gasteiger partial charge in [0.2, 0.25) is 0 Å².